The highest BCUT2D eigenvalue weighted by Gasteiger charge is 2.13. The molecular weight excluding hydrogens is 494 g/mol. The molecule has 8 N–H and O–H groups in total. The highest BCUT2D eigenvalue weighted by atomic mass is 79.9. The second-order valence-corrected chi connectivity index (χ2v) is 7.20. The van der Waals surface area contributed by atoms with E-state index in [-0.39, 0.29) is 40.9 Å². The monoisotopic (exact) mass is 513 g/mol. The van der Waals surface area contributed by atoms with Gasteiger partial charge in [0.25, 0.3) is 5.91 Å². The number of rotatable bonds is 6. The number of phenolic OH excluding ortho intramolecular Hbond substituents is 1. The average Bonchev–Trinajstić information content (AvgIpc) is 2.70. The zero-order valence-electron chi connectivity index (χ0n) is 16.3. The third-order valence-electron chi connectivity index (χ3n) is 3.42. The number of carbonyl (C=O) groups excluding carboxylic acids is 2. The van der Waals surface area contributed by atoms with Gasteiger partial charge < -0.3 is 31.9 Å². The van der Waals surface area contributed by atoms with E-state index < -0.39 is 17.8 Å². The van der Waals surface area contributed by atoms with Crippen LogP contribution >= 0.6 is 27.5 Å². The fourth-order valence-corrected chi connectivity index (χ4v) is 2.82. The van der Waals surface area contributed by atoms with Gasteiger partial charge in [0.15, 0.2) is 11.7 Å². The minimum absolute atomic E-state index is 0.0773. The Balaban J connectivity index is 0.000000861. The molecular formula is C19H21BrClN5O5. The summed E-state index contributed by atoms with van der Waals surface area (Å²) in [6, 6.07) is 9.27. The summed E-state index contributed by atoms with van der Waals surface area (Å²) in [5.41, 5.74) is 6.13. The predicted molar refractivity (Wildman–Crippen MR) is 122 cm³/mol. The summed E-state index contributed by atoms with van der Waals surface area (Å²) in [4.78, 5) is 33.5. The fourth-order valence-electron chi connectivity index (χ4n) is 2.01. The maximum atomic E-state index is 12.1. The number of halogens is 2. The minimum Gasteiger partial charge on any atom is -0.504 e. The largest absolute Gasteiger partial charge is 0.504 e. The molecule has 0 aliphatic carbocycles. The summed E-state index contributed by atoms with van der Waals surface area (Å²) in [5.74, 6) is -2.29. The van der Waals surface area contributed by atoms with Gasteiger partial charge in [-0.25, -0.2) is 0 Å². The first-order valence-electron chi connectivity index (χ1n) is 8.72. The zero-order valence-corrected chi connectivity index (χ0v) is 18.7. The molecule has 0 bridgehead atoms. The maximum Gasteiger partial charge on any atom is 0.303 e. The number of anilines is 2. The van der Waals surface area contributed by atoms with Gasteiger partial charge in [-0.15, -0.1) is 0 Å². The predicted octanol–water partition coefficient (Wildman–Crippen LogP) is 2.96. The molecule has 2 rings (SSSR count). The van der Waals surface area contributed by atoms with Gasteiger partial charge in [-0.2, -0.15) is 0 Å². The van der Waals surface area contributed by atoms with E-state index in [0.29, 0.717) is 10.2 Å². The summed E-state index contributed by atoms with van der Waals surface area (Å²) >= 11 is 9.04. The lowest BCUT2D eigenvalue weighted by atomic mass is 10.2. The highest BCUT2D eigenvalue weighted by Crippen LogP contribution is 2.35. The summed E-state index contributed by atoms with van der Waals surface area (Å²) in [6.07, 6.45) is 0.222. The highest BCUT2D eigenvalue weighted by molar-refractivity contribution is 9.10. The van der Waals surface area contributed by atoms with E-state index in [1.54, 1.807) is 25.1 Å². The molecule has 2 aromatic rings. The summed E-state index contributed by atoms with van der Waals surface area (Å²) < 4.78 is 0.578. The van der Waals surface area contributed by atoms with Crippen LogP contribution in [0.1, 0.15) is 23.7 Å². The van der Waals surface area contributed by atoms with Crippen LogP contribution < -0.4 is 21.7 Å². The van der Waals surface area contributed by atoms with Crippen molar-refractivity contribution in [2.24, 2.45) is 5.73 Å². The standard InChI is InChI=1S/C16H15BrClN5O3.C3H6O2/c17-9-5-11(18)14(25)12(6-9)23-13(24)7-21-15(26)8-2-1-3-10(4-8)22-16(19)20;1-2-3(4)5/h1-6,25H,7H2,(H,21,26)(H,23,24)(H4,19,20,22);2H2,1H3,(H,4,5). The lowest BCUT2D eigenvalue weighted by Gasteiger charge is -2.10. The third-order valence-corrected chi connectivity index (χ3v) is 4.16. The van der Waals surface area contributed by atoms with Gasteiger partial charge in [-0.1, -0.05) is 40.5 Å². The molecule has 31 heavy (non-hydrogen) atoms. The molecule has 0 saturated carbocycles. The van der Waals surface area contributed by atoms with Gasteiger partial charge in [-0.05, 0) is 30.3 Å². The molecule has 0 aromatic heterocycles. The van der Waals surface area contributed by atoms with Crippen molar-refractivity contribution in [3.05, 3.63) is 51.5 Å². The van der Waals surface area contributed by atoms with E-state index in [1.807, 2.05) is 0 Å². The van der Waals surface area contributed by atoms with Gasteiger partial charge in [0.05, 0.1) is 17.3 Å². The number of carbonyl (C=O) groups is 3. The quantitative estimate of drug-likeness (QED) is 0.176. The molecule has 2 amide bonds. The molecule has 0 aliphatic rings. The van der Waals surface area contributed by atoms with E-state index in [1.165, 1.54) is 18.2 Å². The molecule has 166 valence electrons. The zero-order chi connectivity index (χ0) is 23.6. The number of aliphatic carboxylic acids is 1. The first-order valence-corrected chi connectivity index (χ1v) is 9.89. The molecule has 0 heterocycles. The molecule has 0 saturated heterocycles. The number of guanidine groups is 1. The number of aromatic hydroxyl groups is 1. The normalized spacial score (nSPS) is 9.65. The van der Waals surface area contributed by atoms with Crippen molar-refractivity contribution in [1.82, 2.24) is 5.32 Å². The third kappa shape index (κ3) is 9.36. The molecule has 2 aromatic carbocycles. The van der Waals surface area contributed by atoms with Crippen LogP contribution in [0.15, 0.2) is 40.9 Å². The minimum atomic E-state index is -0.745. The molecule has 0 spiro atoms. The molecule has 0 atom stereocenters. The van der Waals surface area contributed by atoms with Crippen molar-refractivity contribution in [2.45, 2.75) is 13.3 Å². The van der Waals surface area contributed by atoms with Gasteiger partial charge in [-0.3, -0.25) is 19.8 Å². The van der Waals surface area contributed by atoms with E-state index >= 15 is 0 Å². The molecule has 0 unspecified atom stereocenters. The van der Waals surface area contributed by atoms with E-state index in [2.05, 4.69) is 31.9 Å². The summed E-state index contributed by atoms with van der Waals surface area (Å²) in [6.45, 7) is 1.29. The Kier molecular flexibility index (Phi) is 10.3. The Morgan fingerprint density at radius 3 is 2.42 bits per heavy atom. The summed E-state index contributed by atoms with van der Waals surface area (Å²) in [7, 11) is 0. The summed E-state index contributed by atoms with van der Waals surface area (Å²) in [5, 5.41) is 32.3. The van der Waals surface area contributed by atoms with E-state index in [0.717, 1.165) is 0 Å². The first kappa shape index (κ1) is 25.7. The van der Waals surface area contributed by atoms with Crippen LogP contribution in [0.25, 0.3) is 0 Å². The lowest BCUT2D eigenvalue weighted by molar-refractivity contribution is -0.136. The van der Waals surface area contributed by atoms with Crippen LogP contribution in [0.2, 0.25) is 5.02 Å². The van der Waals surface area contributed by atoms with Crippen LogP contribution in [0, 0.1) is 5.41 Å². The molecule has 12 heteroatoms. The van der Waals surface area contributed by atoms with Crippen LogP contribution in [0.4, 0.5) is 11.4 Å². The fraction of sp³-hybridized carbons (Fsp3) is 0.158. The van der Waals surface area contributed by atoms with Crippen LogP contribution in [-0.2, 0) is 9.59 Å². The number of phenols is 1. The number of hydrogen-bond donors (Lipinski definition) is 7. The lowest BCUT2D eigenvalue weighted by Crippen LogP contribution is -2.33. The van der Waals surface area contributed by atoms with Crippen molar-refractivity contribution in [3.8, 4) is 5.75 Å². The molecule has 0 radical (unpaired) electrons. The Morgan fingerprint density at radius 2 is 1.84 bits per heavy atom. The Morgan fingerprint density at radius 1 is 1.19 bits per heavy atom. The molecule has 0 aliphatic heterocycles. The average molecular weight is 515 g/mol. The van der Waals surface area contributed by atoms with Crippen molar-refractivity contribution < 1.29 is 24.6 Å². The number of amides is 2. The smallest absolute Gasteiger partial charge is 0.303 e. The second-order valence-electron chi connectivity index (χ2n) is 5.88. The SMILES string of the molecule is CCC(=O)O.N=C(N)Nc1cccc(C(=O)NCC(=O)Nc2cc(Br)cc(Cl)c2O)c1. The van der Waals surface area contributed by atoms with Crippen LogP contribution in [0.3, 0.4) is 0 Å². The van der Waals surface area contributed by atoms with Crippen molar-refractivity contribution in [1.29, 1.82) is 5.41 Å². The molecule has 10 nitrogen and oxygen atoms in total. The van der Waals surface area contributed by atoms with Crippen LogP contribution in [-0.4, -0.2) is 40.5 Å². The van der Waals surface area contributed by atoms with E-state index in [9.17, 15) is 19.5 Å². The van der Waals surface area contributed by atoms with Crippen molar-refractivity contribution in [2.75, 3.05) is 17.2 Å². The number of carboxylic acids is 1. The van der Waals surface area contributed by atoms with Crippen molar-refractivity contribution >= 4 is 62.6 Å². The Labute approximate surface area is 191 Å². The van der Waals surface area contributed by atoms with Gasteiger partial charge >= 0.3 is 5.97 Å². The topological polar surface area (TPSA) is 178 Å². The van der Waals surface area contributed by atoms with Crippen molar-refractivity contribution in [3.63, 3.8) is 0 Å². The Bertz CT molecular complexity index is 986. The molecule has 0 fully saturated rings. The number of benzene rings is 2. The first-order chi connectivity index (χ1) is 14.5. The Hall–Kier alpha value is -3.31. The van der Waals surface area contributed by atoms with Crippen LogP contribution in [0.5, 0.6) is 5.75 Å². The number of nitrogens with two attached hydrogens (primary N) is 1. The van der Waals surface area contributed by atoms with Gasteiger partial charge in [0.2, 0.25) is 5.91 Å². The number of nitrogens with one attached hydrogen (secondary N) is 4. The second kappa shape index (κ2) is 12.4. The van der Waals surface area contributed by atoms with Gasteiger partial charge in [0.1, 0.15) is 0 Å². The van der Waals surface area contributed by atoms with E-state index in [4.69, 9.17) is 27.9 Å². The number of carboxylic acid groups (broad SMARTS) is 1. The number of hydrogen-bond acceptors (Lipinski definition) is 5. The maximum absolute atomic E-state index is 12.1. The van der Waals surface area contributed by atoms with Gasteiger partial charge in [0, 0.05) is 22.1 Å².